The lowest BCUT2D eigenvalue weighted by molar-refractivity contribution is 0.441. The van der Waals surface area contributed by atoms with Crippen LogP contribution in [-0.4, -0.2) is 15.9 Å². The summed E-state index contributed by atoms with van der Waals surface area (Å²) in [5, 5.41) is 10.4. The summed E-state index contributed by atoms with van der Waals surface area (Å²) in [6, 6.07) is 19.3. The molecule has 0 aliphatic heterocycles. The molecule has 3 nitrogen and oxygen atoms in total. The summed E-state index contributed by atoms with van der Waals surface area (Å²) in [6.07, 6.45) is 9.13. The Balaban J connectivity index is 1.71. The van der Waals surface area contributed by atoms with Crippen molar-refractivity contribution in [2.24, 2.45) is 4.99 Å². The Kier molecular flexibility index (Phi) is 5.72. The molecule has 0 radical (unpaired) electrons. The van der Waals surface area contributed by atoms with Gasteiger partial charge in [-0.2, -0.15) is 0 Å². The number of hydrogen-bond acceptors (Lipinski definition) is 4. The summed E-state index contributed by atoms with van der Waals surface area (Å²) in [5.41, 5.74) is 1.76. The molecule has 25 heavy (non-hydrogen) atoms. The Morgan fingerprint density at radius 2 is 1.60 bits per heavy atom. The van der Waals surface area contributed by atoms with Gasteiger partial charge in [-0.15, -0.1) is 11.3 Å². The van der Waals surface area contributed by atoms with Crippen LogP contribution in [0.4, 0.5) is 5.69 Å². The molecule has 0 aliphatic carbocycles. The molecular formula is C20H16N2OS2. The molecule has 1 N–H and O–H groups in total. The Morgan fingerprint density at radius 1 is 0.920 bits per heavy atom. The van der Waals surface area contributed by atoms with Crippen molar-refractivity contribution in [2.45, 2.75) is 0 Å². The average molecular weight is 364 g/mol. The molecule has 0 spiro atoms. The molecule has 124 valence electrons. The molecule has 1 heterocycles. The second kappa shape index (κ2) is 8.37. The van der Waals surface area contributed by atoms with Crippen LogP contribution >= 0.6 is 23.6 Å². The van der Waals surface area contributed by atoms with E-state index in [9.17, 15) is 5.11 Å². The molecular weight excluding hydrogens is 348 g/mol. The van der Waals surface area contributed by atoms with Crippen molar-refractivity contribution in [3.05, 3.63) is 87.7 Å². The zero-order valence-corrected chi connectivity index (χ0v) is 15.0. The van der Waals surface area contributed by atoms with Crippen LogP contribution in [0.5, 0.6) is 5.88 Å². The molecule has 3 aromatic rings. The maximum absolute atomic E-state index is 10.4. The van der Waals surface area contributed by atoms with Gasteiger partial charge in [0.25, 0.3) is 0 Å². The third kappa shape index (κ3) is 4.41. The van der Waals surface area contributed by atoms with Gasteiger partial charge < -0.3 is 5.11 Å². The van der Waals surface area contributed by atoms with E-state index in [4.69, 9.17) is 12.2 Å². The van der Waals surface area contributed by atoms with Crippen molar-refractivity contribution in [1.82, 2.24) is 4.57 Å². The lowest BCUT2D eigenvalue weighted by atomic mass is 10.3. The van der Waals surface area contributed by atoms with Crippen molar-refractivity contribution in [3.8, 4) is 11.6 Å². The number of thiazole rings is 1. The van der Waals surface area contributed by atoms with Crippen LogP contribution in [-0.2, 0) is 0 Å². The summed E-state index contributed by atoms with van der Waals surface area (Å²) in [5.74, 6) is 0.156. The molecule has 0 unspecified atom stereocenters. The number of benzene rings is 2. The zero-order valence-electron chi connectivity index (χ0n) is 13.3. The van der Waals surface area contributed by atoms with E-state index in [0.29, 0.717) is 3.95 Å². The highest BCUT2D eigenvalue weighted by Crippen LogP contribution is 2.30. The van der Waals surface area contributed by atoms with Crippen molar-refractivity contribution in [1.29, 1.82) is 0 Å². The van der Waals surface area contributed by atoms with E-state index in [1.165, 1.54) is 11.3 Å². The largest absolute Gasteiger partial charge is 0.493 e. The number of para-hydroxylation sites is 2. The molecule has 5 heteroatoms. The van der Waals surface area contributed by atoms with Gasteiger partial charge in [0, 0.05) is 6.21 Å². The van der Waals surface area contributed by atoms with Crippen LogP contribution < -0.4 is 0 Å². The molecule has 0 amide bonds. The first-order chi connectivity index (χ1) is 12.3. The minimum Gasteiger partial charge on any atom is -0.493 e. The first-order valence-corrected chi connectivity index (χ1v) is 8.91. The lowest BCUT2D eigenvalue weighted by Gasteiger charge is -2.03. The van der Waals surface area contributed by atoms with Crippen molar-refractivity contribution >= 4 is 41.5 Å². The molecule has 0 saturated heterocycles. The zero-order chi connectivity index (χ0) is 17.5. The fourth-order valence-electron chi connectivity index (χ4n) is 2.20. The molecule has 0 fully saturated rings. The van der Waals surface area contributed by atoms with Gasteiger partial charge in [0.2, 0.25) is 5.88 Å². The summed E-state index contributed by atoms with van der Waals surface area (Å²) >= 11 is 6.74. The molecule has 2 aromatic carbocycles. The third-order valence-corrected chi connectivity index (χ3v) is 4.69. The van der Waals surface area contributed by atoms with Crippen LogP contribution in [0.1, 0.15) is 4.88 Å². The highest BCUT2D eigenvalue weighted by atomic mass is 32.1. The van der Waals surface area contributed by atoms with Crippen LogP contribution in [0.25, 0.3) is 11.8 Å². The van der Waals surface area contributed by atoms with Crippen molar-refractivity contribution in [2.75, 3.05) is 0 Å². The summed E-state index contributed by atoms with van der Waals surface area (Å²) in [4.78, 5) is 5.03. The van der Waals surface area contributed by atoms with Crippen LogP contribution in [0.2, 0.25) is 0 Å². The minimum atomic E-state index is 0.156. The minimum absolute atomic E-state index is 0.156. The third-order valence-electron chi connectivity index (χ3n) is 3.36. The van der Waals surface area contributed by atoms with Gasteiger partial charge in [-0.1, -0.05) is 48.6 Å². The van der Waals surface area contributed by atoms with Gasteiger partial charge >= 0.3 is 0 Å². The quantitative estimate of drug-likeness (QED) is 0.345. The maximum atomic E-state index is 10.4. The molecule has 3 rings (SSSR count). The number of aromatic hydroxyl groups is 1. The Bertz CT molecular complexity index is 968. The molecule has 0 saturated carbocycles. The van der Waals surface area contributed by atoms with Crippen LogP contribution in [0.15, 0.2) is 83.9 Å². The number of allylic oxidation sites excluding steroid dienone is 3. The standard InChI is InChI=1S/C20H16N2OS2/c23-19-18(25-20(24)22(19)17-12-6-2-7-13-17)14-8-3-9-15-21-16-10-4-1-5-11-16/h1-15,23H/b9-3-,14-8+,21-15?. The first-order valence-electron chi connectivity index (χ1n) is 7.68. The molecule has 0 bridgehead atoms. The van der Waals surface area contributed by atoms with Gasteiger partial charge in [0.1, 0.15) is 0 Å². The van der Waals surface area contributed by atoms with Crippen LogP contribution in [0.3, 0.4) is 0 Å². The Morgan fingerprint density at radius 3 is 2.32 bits per heavy atom. The Labute approximate surface area is 155 Å². The van der Waals surface area contributed by atoms with Gasteiger partial charge in [-0.25, -0.2) is 0 Å². The fourth-order valence-corrected chi connectivity index (χ4v) is 3.46. The number of rotatable bonds is 5. The highest BCUT2D eigenvalue weighted by Gasteiger charge is 2.10. The molecule has 0 aliphatic rings. The van der Waals surface area contributed by atoms with Crippen molar-refractivity contribution < 1.29 is 5.11 Å². The number of aromatic nitrogens is 1. The number of nitrogens with zero attached hydrogens (tertiary/aromatic N) is 2. The lowest BCUT2D eigenvalue weighted by Crippen LogP contribution is -1.91. The topological polar surface area (TPSA) is 37.5 Å². The van der Waals surface area contributed by atoms with E-state index < -0.39 is 0 Å². The molecule has 1 aromatic heterocycles. The van der Waals surface area contributed by atoms with E-state index in [2.05, 4.69) is 4.99 Å². The van der Waals surface area contributed by atoms with Gasteiger partial charge in [-0.3, -0.25) is 9.56 Å². The highest BCUT2D eigenvalue weighted by molar-refractivity contribution is 7.73. The Hall–Kier alpha value is -2.76. The molecule has 0 atom stereocenters. The van der Waals surface area contributed by atoms with Crippen LogP contribution in [0, 0.1) is 3.95 Å². The SMILES string of the molecule is Oc1c(/C=C/C=C\C=Nc2ccccc2)sc(=S)n1-c1ccccc1. The predicted octanol–water partition coefficient (Wildman–Crippen LogP) is 5.95. The monoisotopic (exact) mass is 364 g/mol. The maximum Gasteiger partial charge on any atom is 0.215 e. The van der Waals surface area contributed by atoms with E-state index in [0.717, 1.165) is 16.3 Å². The van der Waals surface area contributed by atoms with E-state index in [-0.39, 0.29) is 5.88 Å². The fraction of sp³-hybridized carbons (Fsp3) is 0. The smallest absolute Gasteiger partial charge is 0.215 e. The van der Waals surface area contributed by atoms with E-state index in [1.807, 2.05) is 85.0 Å². The predicted molar refractivity (Wildman–Crippen MR) is 109 cm³/mol. The average Bonchev–Trinajstić information content (AvgIpc) is 2.93. The first kappa shape index (κ1) is 17.1. The normalized spacial score (nSPS) is 11.8. The van der Waals surface area contributed by atoms with E-state index in [1.54, 1.807) is 10.8 Å². The van der Waals surface area contributed by atoms with E-state index >= 15 is 0 Å². The van der Waals surface area contributed by atoms with Gasteiger partial charge in [0.15, 0.2) is 3.95 Å². The second-order valence-electron chi connectivity index (χ2n) is 5.08. The summed E-state index contributed by atoms with van der Waals surface area (Å²) in [6.45, 7) is 0. The number of hydrogen-bond donors (Lipinski definition) is 1. The van der Waals surface area contributed by atoms with Gasteiger partial charge in [0.05, 0.1) is 16.3 Å². The van der Waals surface area contributed by atoms with Gasteiger partial charge in [-0.05, 0) is 48.6 Å². The van der Waals surface area contributed by atoms with Crippen molar-refractivity contribution in [3.63, 3.8) is 0 Å². The second-order valence-corrected chi connectivity index (χ2v) is 6.76. The number of aliphatic imine (C=N–C) groups is 1. The summed E-state index contributed by atoms with van der Waals surface area (Å²) in [7, 11) is 0. The summed E-state index contributed by atoms with van der Waals surface area (Å²) < 4.78 is 2.28.